The van der Waals surface area contributed by atoms with Crippen LogP contribution < -0.4 is 25.3 Å². The first kappa shape index (κ1) is 78.6. The summed E-state index contributed by atoms with van der Waals surface area (Å²) in [5.41, 5.74) is 14.1. The van der Waals surface area contributed by atoms with E-state index < -0.39 is 22.0 Å². The lowest BCUT2D eigenvalue weighted by molar-refractivity contribution is -0.127. The maximum Gasteiger partial charge on any atom is 0.410 e. The number of hydrogen-bond donors (Lipinski definition) is 2. The highest BCUT2D eigenvalue weighted by Gasteiger charge is 2.30. The summed E-state index contributed by atoms with van der Waals surface area (Å²) in [6, 6.07) is 67.5. The number of hydrogen-bond acceptors (Lipinski definition) is 15. The van der Waals surface area contributed by atoms with Crippen LogP contribution >= 0.6 is 50.5 Å². The molecule has 3 aromatic heterocycles. The second-order valence-electron chi connectivity index (χ2n) is 24.8. The van der Waals surface area contributed by atoms with E-state index in [1.807, 2.05) is 220 Å². The van der Waals surface area contributed by atoms with Gasteiger partial charge in [-0.15, -0.1) is 0 Å². The van der Waals surface area contributed by atoms with Crippen molar-refractivity contribution in [1.82, 2.24) is 30.1 Å². The zero-order valence-corrected chi connectivity index (χ0v) is 61.1. The number of nitrogens with one attached hydrogen (secondary N) is 1. The fourth-order valence-corrected chi connectivity index (χ4v) is 11.4. The van der Waals surface area contributed by atoms with Gasteiger partial charge in [-0.25, -0.2) is 4.79 Å². The topological polar surface area (TPSA) is 253 Å². The van der Waals surface area contributed by atoms with Gasteiger partial charge in [-0.05, 0) is 275 Å². The molecule has 3 amide bonds. The summed E-state index contributed by atoms with van der Waals surface area (Å²) in [6.45, 7) is 16.9. The van der Waals surface area contributed by atoms with E-state index in [1.165, 1.54) is 6.08 Å². The Bertz CT molecular complexity index is 4450. The van der Waals surface area contributed by atoms with E-state index in [0.29, 0.717) is 65.9 Å². The zero-order chi connectivity index (χ0) is 73.9. The maximum absolute atomic E-state index is 12.4. The van der Waals surface area contributed by atoms with Crippen molar-refractivity contribution in [2.75, 3.05) is 39.3 Å². The second kappa shape index (κ2) is 38.8. The molecule has 3 saturated heterocycles. The summed E-state index contributed by atoms with van der Waals surface area (Å²) >= 11 is 18.6. The van der Waals surface area contributed by atoms with E-state index >= 15 is 0 Å². The van der Waals surface area contributed by atoms with Crippen molar-refractivity contribution in [2.45, 2.75) is 82.7 Å². The van der Waals surface area contributed by atoms with E-state index in [-0.39, 0.29) is 23.8 Å². The quantitative estimate of drug-likeness (QED) is 0.0550. The highest BCUT2D eigenvalue weighted by Crippen LogP contribution is 2.61. The minimum absolute atomic E-state index is 0.0234. The van der Waals surface area contributed by atoms with Gasteiger partial charge in [-0.2, -0.15) is 10.5 Å². The molecule has 0 radical (unpaired) electrons. The molecule has 0 spiro atoms. The third kappa shape index (κ3) is 25.1. The van der Waals surface area contributed by atoms with Gasteiger partial charge in [-0.3, -0.25) is 33.9 Å². The van der Waals surface area contributed by atoms with Gasteiger partial charge >= 0.3 is 11.3 Å². The summed E-state index contributed by atoms with van der Waals surface area (Å²) < 4.78 is 32.6. The number of para-hydroxylation sites is 3. The van der Waals surface area contributed by atoms with Gasteiger partial charge in [0.15, 0.2) is 0 Å². The Labute approximate surface area is 620 Å². The average molecular weight is 1480 g/mol. The Morgan fingerprint density at radius 2 is 0.825 bits per heavy atom. The number of benzene rings is 6. The summed E-state index contributed by atoms with van der Waals surface area (Å²) in [5.74, 6) is 4.84. The first-order valence-electron chi connectivity index (χ1n) is 33.2. The number of nitrogens with zero attached hydrogens (tertiary/aromatic N) is 7. The Morgan fingerprint density at radius 1 is 0.505 bits per heavy atom. The number of ether oxygens (including phenoxy) is 4. The van der Waals surface area contributed by atoms with Crippen LogP contribution in [0, 0.1) is 22.7 Å². The third-order valence-corrected chi connectivity index (χ3v) is 16.6. The number of halogens is 4. The first-order chi connectivity index (χ1) is 49.5. The number of carbonyl (C=O) groups is 4. The van der Waals surface area contributed by atoms with Gasteiger partial charge in [0.05, 0.1) is 33.8 Å². The van der Waals surface area contributed by atoms with Crippen molar-refractivity contribution in [3.63, 3.8) is 0 Å². The number of nitriles is 2. The molecule has 23 heteroatoms. The zero-order valence-electron chi connectivity index (χ0n) is 57.2. The molecule has 103 heavy (non-hydrogen) atoms. The Hall–Kier alpha value is -10.1. The number of likely N-dealkylation sites (tertiary alicyclic amines) is 2. The minimum atomic E-state index is -3.22. The summed E-state index contributed by atoms with van der Waals surface area (Å²) in [4.78, 5) is 63.9. The summed E-state index contributed by atoms with van der Waals surface area (Å²) in [6.07, 6.45) is 7.53. The molecule has 9 aromatic rings. The van der Waals surface area contributed by atoms with E-state index in [4.69, 9.17) is 51.2 Å². The highest BCUT2D eigenvalue weighted by atomic mass is 36.0. The fourth-order valence-electron chi connectivity index (χ4n) is 11.4. The van der Waals surface area contributed by atoms with Crippen molar-refractivity contribution in [1.29, 1.82) is 10.5 Å². The maximum atomic E-state index is 12.4. The molecule has 0 aliphatic carbocycles. The van der Waals surface area contributed by atoms with Crippen LogP contribution in [-0.4, -0.2) is 92.8 Å². The Balaban J connectivity index is 0.000000184. The molecule has 0 unspecified atom stereocenters. The predicted molar refractivity (Wildman–Crippen MR) is 406 cm³/mol. The molecule has 3 aliphatic rings. The van der Waals surface area contributed by atoms with Crippen LogP contribution in [0.1, 0.15) is 116 Å². The minimum Gasteiger partial charge on any atom is -0.457 e. The van der Waals surface area contributed by atoms with Crippen molar-refractivity contribution in [3.05, 3.63) is 259 Å². The van der Waals surface area contributed by atoms with Crippen LogP contribution in [0.2, 0.25) is 0 Å². The molecule has 530 valence electrons. The molecular formula is C80H78Cl4N9O9P. The number of amides is 3. The lowest BCUT2D eigenvalue weighted by atomic mass is 9.92. The van der Waals surface area contributed by atoms with Gasteiger partial charge in [0.2, 0.25) is 11.1 Å². The number of pyridine rings is 3. The van der Waals surface area contributed by atoms with Crippen molar-refractivity contribution in [3.8, 4) is 80.4 Å². The SMILES string of the molecule is C=CC(=O)Cl.C=CC(=O)N1CCC(c2ccc(C#N)c(-c3ccc(Oc4ccccc4)cc3)n2)CC1.CC(C)(C)OC(=O)N1CCC(c2ccc(C(N)=O)c(-c3ccc(Oc4ccccc4)cc3)n2)CC1.N#Cc1ccc(C2CCNCC2)nc1-c1ccc(Oc2ccccc2)cc1.O=P(Cl)(Cl)Cl. The number of primary amides is 1. The van der Waals surface area contributed by atoms with Crippen molar-refractivity contribution in [2.24, 2.45) is 5.73 Å². The highest BCUT2D eigenvalue weighted by molar-refractivity contribution is 8.24. The number of carbonyl (C=O) groups excluding carboxylic acids is 4. The largest absolute Gasteiger partial charge is 0.457 e. The average Bonchev–Trinajstić information content (AvgIpc) is 0.813. The van der Waals surface area contributed by atoms with Crippen LogP contribution in [0.4, 0.5) is 4.79 Å². The van der Waals surface area contributed by atoms with Gasteiger partial charge < -0.3 is 39.8 Å². The van der Waals surface area contributed by atoms with Crippen LogP contribution in [0.15, 0.2) is 226 Å². The van der Waals surface area contributed by atoms with Gasteiger partial charge in [0.25, 0.3) is 5.91 Å². The number of aromatic nitrogens is 3. The van der Waals surface area contributed by atoms with E-state index in [0.717, 1.165) is 126 Å². The number of rotatable bonds is 15. The molecule has 3 N–H and O–H groups in total. The smallest absolute Gasteiger partial charge is 0.410 e. The lowest BCUT2D eigenvalue weighted by Gasteiger charge is -2.33. The van der Waals surface area contributed by atoms with Crippen LogP contribution in [0.5, 0.6) is 34.5 Å². The molecule has 6 aromatic carbocycles. The van der Waals surface area contributed by atoms with Gasteiger partial charge in [-0.1, -0.05) is 67.8 Å². The second-order valence-corrected chi connectivity index (χ2v) is 31.8. The van der Waals surface area contributed by atoms with Gasteiger partial charge in [0.1, 0.15) is 52.2 Å². The summed E-state index contributed by atoms with van der Waals surface area (Å²) in [7, 11) is 0. The molecule has 3 fully saturated rings. The molecular weight excluding hydrogens is 1400 g/mol. The summed E-state index contributed by atoms with van der Waals surface area (Å²) in [5, 5.41) is 18.7. The normalized spacial score (nSPS) is 13.8. The Morgan fingerprint density at radius 3 is 1.16 bits per heavy atom. The molecule has 3 aliphatic heterocycles. The first-order valence-corrected chi connectivity index (χ1v) is 38.0. The fraction of sp³-hybridized carbons (Fsp3) is 0.237. The molecule has 18 nitrogen and oxygen atoms in total. The molecule has 6 heterocycles. The number of nitrogens with two attached hydrogens (primary N) is 1. The number of piperidine rings is 3. The van der Waals surface area contributed by atoms with Crippen LogP contribution in [-0.2, 0) is 18.9 Å². The van der Waals surface area contributed by atoms with Crippen LogP contribution in [0.3, 0.4) is 0 Å². The predicted octanol–water partition coefficient (Wildman–Crippen LogP) is 19.7. The molecule has 0 bridgehead atoms. The molecule has 0 atom stereocenters. The van der Waals surface area contributed by atoms with Crippen LogP contribution in [0.25, 0.3) is 33.8 Å². The monoisotopic (exact) mass is 1480 g/mol. The molecule has 0 saturated carbocycles. The standard InChI is InChI=1S/C28H31N3O4.C26H23N3O2.C23H21N3O.C3H3ClO.Cl3OP/c1-28(2,3)35-27(33)31-17-15-19(16-18-31)24-14-13-23(26(29)32)25(30-24)20-9-11-22(12-10-20)34-21-7-5-4-6-8-21;1-2-25(30)29-16-14-19(15-17-29)24-13-10-21(18-27)26(28-24)20-8-11-23(12-9-20)31-22-6-4-3-5-7-22;24-16-19-8-11-22(17-12-14-25-15-13-17)26-23(19)18-6-9-21(10-7-18)27-20-4-2-1-3-5-20;1-2-3(4)5;1-5(2,3)4/h4-14,19H,15-18H2,1-3H3,(H2,29,32);2-13,19H,1,14-17H2;1-11,17,25H,12-15H2;2H,1H2;. The van der Waals surface area contributed by atoms with E-state index in [1.54, 1.807) is 11.0 Å². The lowest BCUT2D eigenvalue weighted by Crippen LogP contribution is -2.41. The van der Waals surface area contributed by atoms with E-state index in [2.05, 4.69) is 64.3 Å². The van der Waals surface area contributed by atoms with Crippen molar-refractivity contribution < 1.29 is 42.7 Å². The number of allylic oxidation sites excluding steroid dienone is 1. The third-order valence-electron chi connectivity index (χ3n) is 16.5. The Kier molecular flexibility index (Phi) is 29.6. The van der Waals surface area contributed by atoms with Crippen molar-refractivity contribution >= 4 is 73.7 Å². The van der Waals surface area contributed by atoms with Gasteiger partial charge in [0, 0.05) is 77.7 Å². The van der Waals surface area contributed by atoms with E-state index in [9.17, 15) is 34.3 Å². The molecule has 12 rings (SSSR count).